The van der Waals surface area contributed by atoms with E-state index in [4.69, 9.17) is 16.3 Å². The quantitative estimate of drug-likeness (QED) is 0.396. The van der Waals surface area contributed by atoms with Gasteiger partial charge >= 0.3 is 5.97 Å². The van der Waals surface area contributed by atoms with E-state index in [9.17, 15) is 14.7 Å². The van der Waals surface area contributed by atoms with Gasteiger partial charge in [-0.1, -0.05) is 24.3 Å². The highest BCUT2D eigenvalue weighted by Gasteiger charge is 2.30. The van der Waals surface area contributed by atoms with Gasteiger partial charge in [-0.25, -0.2) is 9.79 Å². The highest BCUT2D eigenvalue weighted by Crippen LogP contribution is 2.25. The van der Waals surface area contributed by atoms with Gasteiger partial charge in [-0.05, 0) is 13.8 Å². The lowest BCUT2D eigenvalue weighted by Gasteiger charge is -2.08. The minimum absolute atomic E-state index is 0.0529. The lowest BCUT2D eigenvalue weighted by atomic mass is 9.99. The Morgan fingerprint density at radius 3 is 2.52 bits per heavy atom. The van der Waals surface area contributed by atoms with Crippen LogP contribution >= 0.6 is 11.6 Å². The van der Waals surface area contributed by atoms with Crippen LogP contribution in [0, 0.1) is 0 Å². The van der Waals surface area contributed by atoms with Crippen molar-refractivity contribution in [2.75, 3.05) is 12.5 Å². The fraction of sp³-hybridized carbons (Fsp3) is 0.250. The van der Waals surface area contributed by atoms with Crippen molar-refractivity contribution in [3.05, 3.63) is 46.7 Å². The summed E-state index contributed by atoms with van der Waals surface area (Å²) in [6.07, 6.45) is 0. The summed E-state index contributed by atoms with van der Waals surface area (Å²) in [5.74, 6) is -1.56. The van der Waals surface area contributed by atoms with Crippen molar-refractivity contribution < 1.29 is 19.4 Å². The normalized spacial score (nSPS) is 15.8. The molecule has 1 heterocycles. The Morgan fingerprint density at radius 1 is 1.30 bits per heavy atom. The number of nitrogens with zero attached hydrogens (tertiary/aromatic N) is 2. The highest BCUT2D eigenvalue weighted by atomic mass is 35.5. The Labute approximate surface area is 138 Å². The molecule has 1 aliphatic heterocycles. The van der Waals surface area contributed by atoms with Gasteiger partial charge in [-0.2, -0.15) is 4.99 Å². The van der Waals surface area contributed by atoms with E-state index in [-0.39, 0.29) is 35.4 Å². The molecule has 23 heavy (non-hydrogen) atoms. The Morgan fingerprint density at radius 2 is 1.96 bits per heavy atom. The number of rotatable bonds is 4. The molecule has 0 saturated carbocycles. The van der Waals surface area contributed by atoms with Gasteiger partial charge in [0.2, 0.25) is 0 Å². The summed E-state index contributed by atoms with van der Waals surface area (Å²) in [5.41, 5.74) is 1.34. The van der Waals surface area contributed by atoms with Crippen molar-refractivity contribution in [1.29, 1.82) is 0 Å². The molecule has 2 rings (SSSR count). The van der Waals surface area contributed by atoms with Crippen molar-refractivity contribution in [1.82, 2.24) is 0 Å². The molecule has 1 amide bonds. The molecule has 0 fully saturated rings. The largest absolute Gasteiger partial charge is 0.512 e. The number of hydrogen-bond acceptors (Lipinski definition) is 4. The molecular weight excluding hydrogens is 320 g/mol. The number of carbonyl (C=O) groups excluding carboxylic acids is 2. The maximum Gasteiger partial charge on any atom is 0.343 e. The van der Waals surface area contributed by atoms with Crippen molar-refractivity contribution >= 4 is 35.0 Å². The molecular formula is C16H15ClN2O4. The molecule has 6 nitrogen and oxygen atoms in total. The number of aliphatic hydroxyl groups is 1. The predicted molar refractivity (Wildman–Crippen MR) is 87.2 cm³/mol. The van der Waals surface area contributed by atoms with Crippen LogP contribution in [0.25, 0.3) is 0 Å². The van der Waals surface area contributed by atoms with E-state index in [0.717, 1.165) is 0 Å². The van der Waals surface area contributed by atoms with Crippen LogP contribution in [0.1, 0.15) is 25.0 Å². The number of carbonyl (C=O) groups is 2. The summed E-state index contributed by atoms with van der Waals surface area (Å²) in [4.78, 5) is 31.7. The smallest absolute Gasteiger partial charge is 0.343 e. The number of alkyl halides is 1. The van der Waals surface area contributed by atoms with Gasteiger partial charge < -0.3 is 9.84 Å². The molecule has 0 unspecified atom stereocenters. The molecule has 120 valence electrons. The van der Waals surface area contributed by atoms with Crippen molar-refractivity contribution in [3.8, 4) is 0 Å². The minimum Gasteiger partial charge on any atom is -0.512 e. The SMILES string of the molecule is CCOC(=O)/C(C1=NC(=NC(=O)CCl)c2ccccc21)=C(\C)O. The first-order valence-corrected chi connectivity index (χ1v) is 7.46. The molecule has 0 bridgehead atoms. The number of fused-ring (bicyclic) bond motifs is 1. The first kappa shape index (κ1) is 16.9. The van der Waals surface area contributed by atoms with Crippen LogP contribution in [0.3, 0.4) is 0 Å². The van der Waals surface area contributed by atoms with Gasteiger partial charge in [-0.3, -0.25) is 4.79 Å². The first-order valence-electron chi connectivity index (χ1n) is 6.92. The number of benzene rings is 1. The molecule has 1 N–H and O–H groups in total. The van der Waals surface area contributed by atoms with Crippen LogP contribution in [-0.4, -0.2) is 41.0 Å². The summed E-state index contributed by atoms with van der Waals surface area (Å²) in [6.45, 7) is 3.20. The molecule has 0 radical (unpaired) electrons. The van der Waals surface area contributed by atoms with Gasteiger partial charge in [0, 0.05) is 11.1 Å². The summed E-state index contributed by atoms with van der Waals surface area (Å²) >= 11 is 5.47. The fourth-order valence-electron chi connectivity index (χ4n) is 2.15. The Hall–Kier alpha value is -2.47. The second-order valence-electron chi connectivity index (χ2n) is 4.65. The molecule has 0 saturated heterocycles. The number of esters is 1. The maximum atomic E-state index is 12.1. The second kappa shape index (κ2) is 7.19. The van der Waals surface area contributed by atoms with Crippen LogP contribution in [0.4, 0.5) is 0 Å². The lowest BCUT2D eigenvalue weighted by Crippen LogP contribution is -2.18. The number of halogens is 1. The molecule has 0 spiro atoms. The van der Waals surface area contributed by atoms with Crippen molar-refractivity contribution in [2.45, 2.75) is 13.8 Å². The zero-order valence-electron chi connectivity index (χ0n) is 12.7. The number of aliphatic hydroxyl groups excluding tert-OH is 1. The van der Waals surface area contributed by atoms with E-state index < -0.39 is 11.9 Å². The Balaban J connectivity index is 2.60. The van der Waals surface area contributed by atoms with Crippen LogP contribution in [0.15, 0.2) is 45.6 Å². The number of hydrogen-bond donors (Lipinski definition) is 1. The van der Waals surface area contributed by atoms with E-state index in [1.54, 1.807) is 31.2 Å². The van der Waals surface area contributed by atoms with E-state index in [2.05, 4.69) is 9.98 Å². The van der Waals surface area contributed by atoms with Gasteiger partial charge in [0.15, 0.2) is 5.84 Å². The first-order chi connectivity index (χ1) is 11.0. The van der Waals surface area contributed by atoms with Crippen LogP contribution < -0.4 is 0 Å². The minimum atomic E-state index is -0.689. The molecule has 1 aromatic rings. The number of amides is 1. The molecule has 1 aliphatic rings. The maximum absolute atomic E-state index is 12.1. The number of aliphatic imine (C=N–C) groups is 2. The summed E-state index contributed by atoms with van der Waals surface area (Å²) in [5, 5.41) is 9.88. The number of amidine groups is 1. The van der Waals surface area contributed by atoms with Crippen molar-refractivity contribution in [3.63, 3.8) is 0 Å². The van der Waals surface area contributed by atoms with E-state index in [0.29, 0.717) is 11.1 Å². The van der Waals surface area contributed by atoms with Gasteiger partial charge in [0.25, 0.3) is 5.91 Å². The van der Waals surface area contributed by atoms with Crippen LogP contribution in [0.5, 0.6) is 0 Å². The number of allylic oxidation sites excluding steroid dienone is 1. The zero-order valence-corrected chi connectivity index (χ0v) is 13.4. The van der Waals surface area contributed by atoms with E-state index in [1.165, 1.54) is 6.92 Å². The Kier molecular flexibility index (Phi) is 5.28. The fourth-order valence-corrected chi connectivity index (χ4v) is 2.21. The van der Waals surface area contributed by atoms with Crippen molar-refractivity contribution in [2.24, 2.45) is 9.98 Å². The predicted octanol–water partition coefficient (Wildman–Crippen LogP) is 2.40. The van der Waals surface area contributed by atoms with Gasteiger partial charge in [0.05, 0.1) is 12.3 Å². The molecule has 0 aliphatic carbocycles. The highest BCUT2D eigenvalue weighted by molar-refractivity contribution is 6.37. The van der Waals surface area contributed by atoms with Gasteiger partial charge in [0.1, 0.15) is 17.2 Å². The second-order valence-corrected chi connectivity index (χ2v) is 4.92. The summed E-state index contributed by atoms with van der Waals surface area (Å²) in [6, 6.07) is 6.97. The molecule has 1 aromatic carbocycles. The summed E-state index contributed by atoms with van der Waals surface area (Å²) < 4.78 is 4.96. The Bertz CT molecular complexity index is 746. The van der Waals surface area contributed by atoms with Crippen LogP contribution in [0.2, 0.25) is 0 Å². The average molecular weight is 335 g/mol. The summed E-state index contributed by atoms with van der Waals surface area (Å²) in [7, 11) is 0. The third-order valence-electron chi connectivity index (χ3n) is 3.06. The van der Waals surface area contributed by atoms with Crippen LogP contribution in [-0.2, 0) is 14.3 Å². The van der Waals surface area contributed by atoms with E-state index >= 15 is 0 Å². The molecule has 0 aromatic heterocycles. The third-order valence-corrected chi connectivity index (χ3v) is 3.29. The van der Waals surface area contributed by atoms with Gasteiger partial charge in [-0.15, -0.1) is 11.6 Å². The zero-order chi connectivity index (χ0) is 17.0. The average Bonchev–Trinajstić information content (AvgIpc) is 2.86. The standard InChI is InChI=1S/C16H15ClN2O4/c1-3-23-16(22)13(9(2)20)14-10-6-4-5-7-11(10)15(19-14)18-12(21)8-17/h4-7,20H,3,8H2,1-2H3/b13-9+,18-15?. The topological polar surface area (TPSA) is 88.3 Å². The lowest BCUT2D eigenvalue weighted by molar-refractivity contribution is -0.138. The monoisotopic (exact) mass is 334 g/mol. The molecule has 0 atom stereocenters. The van der Waals surface area contributed by atoms with E-state index in [1.807, 2.05) is 0 Å². The number of ether oxygens (including phenoxy) is 1. The molecule has 7 heteroatoms. The third kappa shape index (κ3) is 3.48.